The van der Waals surface area contributed by atoms with Gasteiger partial charge in [-0.3, -0.25) is 4.79 Å². The normalized spacial score (nSPS) is 11.2. The van der Waals surface area contributed by atoms with Gasteiger partial charge in [0.15, 0.2) is 6.61 Å². The van der Waals surface area contributed by atoms with Crippen LogP contribution in [0.4, 0.5) is 0 Å². The third kappa shape index (κ3) is 3.71. The van der Waals surface area contributed by atoms with Gasteiger partial charge in [0.1, 0.15) is 5.75 Å². The van der Waals surface area contributed by atoms with Crippen molar-refractivity contribution in [2.75, 3.05) is 6.61 Å². The Kier molecular flexibility index (Phi) is 4.84. The summed E-state index contributed by atoms with van der Waals surface area (Å²) in [6.45, 7) is 3.96. The van der Waals surface area contributed by atoms with Gasteiger partial charge in [0, 0.05) is 29.2 Å². The molecule has 0 bridgehead atoms. The Hall–Kier alpha value is -3.08. The number of carbonyl (C=O) groups excluding carboxylic acids is 1. The van der Waals surface area contributed by atoms with Crippen LogP contribution in [0.2, 0.25) is 0 Å². The monoisotopic (exact) mass is 335 g/mol. The van der Waals surface area contributed by atoms with Crippen molar-refractivity contribution in [3.8, 4) is 5.75 Å². The zero-order chi connectivity index (χ0) is 17.8. The molecule has 0 radical (unpaired) electrons. The van der Waals surface area contributed by atoms with E-state index in [9.17, 15) is 4.79 Å². The molecule has 3 rings (SSSR count). The van der Waals surface area contributed by atoms with E-state index in [0.717, 1.165) is 27.7 Å². The molecule has 1 N–H and O–H groups in total. The molecular formula is C20H21N3O2. The molecule has 128 valence electrons. The maximum atomic E-state index is 11.9. The van der Waals surface area contributed by atoms with E-state index < -0.39 is 0 Å². The van der Waals surface area contributed by atoms with Crippen molar-refractivity contribution < 1.29 is 9.53 Å². The molecule has 3 aromatic rings. The first-order chi connectivity index (χ1) is 12.1. The quantitative estimate of drug-likeness (QED) is 0.574. The number of fused-ring (bicyclic) bond motifs is 1. The average Bonchev–Trinajstić information content (AvgIpc) is 2.86. The average molecular weight is 335 g/mol. The van der Waals surface area contributed by atoms with Crippen LogP contribution >= 0.6 is 0 Å². The fourth-order valence-corrected chi connectivity index (χ4v) is 2.70. The molecule has 0 aliphatic heterocycles. The van der Waals surface area contributed by atoms with Gasteiger partial charge in [-0.05, 0) is 32.0 Å². The number of amides is 1. The molecular weight excluding hydrogens is 314 g/mol. The maximum Gasteiger partial charge on any atom is 0.277 e. The third-order valence-corrected chi connectivity index (χ3v) is 4.22. The van der Waals surface area contributed by atoms with E-state index >= 15 is 0 Å². The second-order valence-electron chi connectivity index (χ2n) is 5.97. The van der Waals surface area contributed by atoms with Crippen LogP contribution in [-0.4, -0.2) is 23.3 Å². The molecule has 0 aliphatic carbocycles. The summed E-state index contributed by atoms with van der Waals surface area (Å²) in [7, 11) is 2.02. The summed E-state index contributed by atoms with van der Waals surface area (Å²) in [4.78, 5) is 11.9. The predicted molar refractivity (Wildman–Crippen MR) is 100 cm³/mol. The van der Waals surface area contributed by atoms with Crippen molar-refractivity contribution in [3.05, 3.63) is 65.4 Å². The van der Waals surface area contributed by atoms with Crippen LogP contribution in [-0.2, 0) is 11.8 Å². The van der Waals surface area contributed by atoms with Crippen LogP contribution in [0.25, 0.3) is 10.9 Å². The number of para-hydroxylation sites is 1. The van der Waals surface area contributed by atoms with Crippen LogP contribution < -0.4 is 10.2 Å². The van der Waals surface area contributed by atoms with Gasteiger partial charge < -0.3 is 9.30 Å². The number of nitrogens with one attached hydrogen (secondary N) is 1. The standard InChI is InChI=1S/C20H21N3O2/c1-14-8-10-16(11-9-14)25-13-20(24)22-21-12-18-15(2)23(3)19-7-5-4-6-17(18)19/h4-12H,13H2,1-3H3,(H,22,24)/b21-12+. The lowest BCUT2D eigenvalue weighted by Gasteiger charge is -2.05. The first-order valence-electron chi connectivity index (χ1n) is 8.11. The van der Waals surface area contributed by atoms with E-state index in [1.807, 2.05) is 63.4 Å². The van der Waals surface area contributed by atoms with Gasteiger partial charge in [0.25, 0.3) is 5.91 Å². The fraction of sp³-hybridized carbons (Fsp3) is 0.200. The molecule has 0 saturated heterocycles. The lowest BCUT2D eigenvalue weighted by molar-refractivity contribution is -0.123. The first-order valence-corrected chi connectivity index (χ1v) is 8.11. The summed E-state index contributed by atoms with van der Waals surface area (Å²) >= 11 is 0. The summed E-state index contributed by atoms with van der Waals surface area (Å²) in [5.74, 6) is 0.365. The van der Waals surface area contributed by atoms with Crippen LogP contribution in [0, 0.1) is 13.8 Å². The largest absolute Gasteiger partial charge is 0.484 e. The summed E-state index contributed by atoms with van der Waals surface area (Å²) in [6.07, 6.45) is 1.68. The van der Waals surface area contributed by atoms with E-state index in [2.05, 4.69) is 21.2 Å². The van der Waals surface area contributed by atoms with Gasteiger partial charge in [-0.25, -0.2) is 5.43 Å². The Morgan fingerprint density at radius 3 is 2.64 bits per heavy atom. The molecule has 1 aromatic heterocycles. The molecule has 0 spiro atoms. The predicted octanol–water partition coefficient (Wildman–Crippen LogP) is 3.32. The molecule has 2 aromatic carbocycles. The van der Waals surface area contributed by atoms with E-state index in [-0.39, 0.29) is 12.5 Å². The van der Waals surface area contributed by atoms with Crippen LogP contribution in [0.3, 0.4) is 0 Å². The topological polar surface area (TPSA) is 55.6 Å². The highest BCUT2D eigenvalue weighted by atomic mass is 16.5. The summed E-state index contributed by atoms with van der Waals surface area (Å²) in [6, 6.07) is 15.7. The Labute approximate surface area is 146 Å². The van der Waals surface area contributed by atoms with Gasteiger partial charge in [-0.15, -0.1) is 0 Å². The van der Waals surface area contributed by atoms with Crippen LogP contribution in [0.15, 0.2) is 53.6 Å². The van der Waals surface area contributed by atoms with Gasteiger partial charge in [0.05, 0.1) is 6.21 Å². The highest BCUT2D eigenvalue weighted by molar-refractivity contribution is 6.01. The van der Waals surface area contributed by atoms with Crippen LogP contribution in [0.5, 0.6) is 5.75 Å². The second kappa shape index (κ2) is 7.21. The van der Waals surface area contributed by atoms with Crippen molar-refractivity contribution in [1.29, 1.82) is 0 Å². The van der Waals surface area contributed by atoms with Crippen molar-refractivity contribution in [3.63, 3.8) is 0 Å². The number of carbonyl (C=O) groups is 1. The van der Waals surface area contributed by atoms with E-state index in [0.29, 0.717) is 5.75 Å². The maximum absolute atomic E-state index is 11.9. The molecule has 5 nitrogen and oxygen atoms in total. The second-order valence-corrected chi connectivity index (χ2v) is 5.97. The highest BCUT2D eigenvalue weighted by Crippen LogP contribution is 2.22. The summed E-state index contributed by atoms with van der Waals surface area (Å²) in [5, 5.41) is 5.18. The molecule has 1 heterocycles. The Morgan fingerprint density at radius 1 is 1.16 bits per heavy atom. The highest BCUT2D eigenvalue weighted by Gasteiger charge is 2.09. The Bertz CT molecular complexity index is 924. The number of aryl methyl sites for hydroxylation is 2. The first kappa shape index (κ1) is 16.8. The lowest BCUT2D eigenvalue weighted by Crippen LogP contribution is -2.24. The van der Waals surface area contributed by atoms with Crippen molar-refractivity contribution >= 4 is 23.0 Å². The molecule has 25 heavy (non-hydrogen) atoms. The molecule has 5 heteroatoms. The van der Waals surface area contributed by atoms with E-state index in [4.69, 9.17) is 4.74 Å². The van der Waals surface area contributed by atoms with Crippen molar-refractivity contribution in [2.24, 2.45) is 12.1 Å². The number of nitrogens with zero attached hydrogens (tertiary/aromatic N) is 2. The molecule has 1 amide bonds. The minimum atomic E-state index is -0.297. The number of hydrogen-bond acceptors (Lipinski definition) is 3. The van der Waals surface area contributed by atoms with Crippen molar-refractivity contribution in [2.45, 2.75) is 13.8 Å². The van der Waals surface area contributed by atoms with Gasteiger partial charge in [-0.2, -0.15) is 5.10 Å². The van der Waals surface area contributed by atoms with Crippen molar-refractivity contribution in [1.82, 2.24) is 9.99 Å². The summed E-state index contributed by atoms with van der Waals surface area (Å²) in [5.41, 5.74) is 6.88. The number of benzene rings is 2. The molecule has 0 aliphatic rings. The number of aromatic nitrogens is 1. The SMILES string of the molecule is Cc1ccc(OCC(=O)N/N=C/c2c(C)n(C)c3ccccc23)cc1. The zero-order valence-corrected chi connectivity index (χ0v) is 14.6. The van der Waals surface area contributed by atoms with E-state index in [1.54, 1.807) is 6.21 Å². The summed E-state index contributed by atoms with van der Waals surface area (Å²) < 4.78 is 7.54. The minimum Gasteiger partial charge on any atom is -0.484 e. The smallest absolute Gasteiger partial charge is 0.277 e. The van der Waals surface area contributed by atoms with Gasteiger partial charge in [-0.1, -0.05) is 35.9 Å². The number of hydrogen-bond donors (Lipinski definition) is 1. The van der Waals surface area contributed by atoms with Crippen LogP contribution in [0.1, 0.15) is 16.8 Å². The number of rotatable bonds is 5. The fourth-order valence-electron chi connectivity index (χ4n) is 2.70. The molecule has 0 unspecified atom stereocenters. The van der Waals surface area contributed by atoms with Gasteiger partial charge >= 0.3 is 0 Å². The molecule has 0 fully saturated rings. The third-order valence-electron chi connectivity index (χ3n) is 4.22. The van der Waals surface area contributed by atoms with E-state index in [1.165, 1.54) is 0 Å². The van der Waals surface area contributed by atoms with Gasteiger partial charge in [0.2, 0.25) is 0 Å². The minimum absolute atomic E-state index is 0.0745. The Morgan fingerprint density at radius 2 is 1.88 bits per heavy atom. The molecule has 0 saturated carbocycles. The number of ether oxygens (including phenoxy) is 1. The number of hydrazone groups is 1. The Balaban J connectivity index is 1.62. The lowest BCUT2D eigenvalue weighted by atomic mass is 10.1. The zero-order valence-electron chi connectivity index (χ0n) is 14.6. The molecule has 0 atom stereocenters.